The van der Waals surface area contributed by atoms with E-state index < -0.39 is 6.04 Å². The molecule has 1 amide bonds. The van der Waals surface area contributed by atoms with Crippen LogP contribution < -0.4 is 11.1 Å². The molecule has 2 heterocycles. The summed E-state index contributed by atoms with van der Waals surface area (Å²) in [6.45, 7) is 1.91. The molecule has 3 rings (SSSR count). The third-order valence-corrected chi connectivity index (χ3v) is 4.03. The number of pyridine rings is 1. The van der Waals surface area contributed by atoms with Crippen molar-refractivity contribution in [1.82, 2.24) is 14.8 Å². The number of hydrogen-bond acceptors (Lipinski definition) is 4. The molecule has 134 valence electrons. The standard InChI is InChI=1S/C19H20FN5O/c1-12-9-14(7-8-22-12)17-11-18(25(2)24-17)23-19(26)16(21)10-13-3-5-15(20)6-4-13/h3-9,11,16H,10,21H2,1-2H3,(H,23,26). The van der Waals surface area contributed by atoms with E-state index in [4.69, 9.17) is 5.73 Å². The highest BCUT2D eigenvalue weighted by Crippen LogP contribution is 2.21. The molecule has 26 heavy (non-hydrogen) atoms. The Morgan fingerprint density at radius 1 is 1.27 bits per heavy atom. The molecule has 0 aliphatic carbocycles. The average Bonchev–Trinajstić information content (AvgIpc) is 2.97. The van der Waals surface area contributed by atoms with Crippen molar-refractivity contribution in [2.45, 2.75) is 19.4 Å². The predicted octanol–water partition coefficient (Wildman–Crippen LogP) is 2.44. The first-order chi connectivity index (χ1) is 12.4. The molecule has 0 saturated carbocycles. The summed E-state index contributed by atoms with van der Waals surface area (Å²) < 4.78 is 14.5. The highest BCUT2D eigenvalue weighted by molar-refractivity contribution is 5.94. The maximum Gasteiger partial charge on any atom is 0.242 e. The Balaban J connectivity index is 1.70. The van der Waals surface area contributed by atoms with Gasteiger partial charge in [0.2, 0.25) is 5.91 Å². The van der Waals surface area contributed by atoms with Crippen LogP contribution in [0, 0.1) is 12.7 Å². The molecule has 1 unspecified atom stereocenters. The Hall–Kier alpha value is -3.06. The van der Waals surface area contributed by atoms with E-state index in [9.17, 15) is 9.18 Å². The number of anilines is 1. The maximum atomic E-state index is 13.0. The van der Waals surface area contributed by atoms with Crippen molar-refractivity contribution in [3.8, 4) is 11.3 Å². The van der Waals surface area contributed by atoms with Gasteiger partial charge in [-0.25, -0.2) is 4.39 Å². The first-order valence-electron chi connectivity index (χ1n) is 8.20. The number of aryl methyl sites for hydroxylation is 2. The SMILES string of the molecule is Cc1cc(-c2cc(NC(=O)C(N)Cc3ccc(F)cc3)n(C)n2)ccn1. The molecule has 0 spiro atoms. The molecule has 2 aromatic heterocycles. The van der Waals surface area contributed by atoms with Crippen LogP contribution in [0.1, 0.15) is 11.3 Å². The van der Waals surface area contributed by atoms with Crippen molar-refractivity contribution < 1.29 is 9.18 Å². The van der Waals surface area contributed by atoms with Crippen LogP contribution >= 0.6 is 0 Å². The number of carbonyl (C=O) groups is 1. The van der Waals surface area contributed by atoms with Gasteiger partial charge in [0.25, 0.3) is 0 Å². The molecule has 3 aromatic rings. The summed E-state index contributed by atoms with van der Waals surface area (Å²) in [6.07, 6.45) is 2.04. The van der Waals surface area contributed by atoms with E-state index in [1.54, 1.807) is 36.1 Å². The Morgan fingerprint density at radius 2 is 2.00 bits per heavy atom. The van der Waals surface area contributed by atoms with Gasteiger partial charge in [-0.3, -0.25) is 14.5 Å². The van der Waals surface area contributed by atoms with Crippen LogP contribution in [0.3, 0.4) is 0 Å². The molecule has 0 fully saturated rings. The summed E-state index contributed by atoms with van der Waals surface area (Å²) in [6, 6.07) is 10.8. The number of carbonyl (C=O) groups excluding carboxylic acids is 1. The summed E-state index contributed by atoms with van der Waals surface area (Å²) in [5, 5.41) is 7.21. The molecule has 0 bridgehead atoms. The number of amides is 1. The highest BCUT2D eigenvalue weighted by atomic mass is 19.1. The minimum absolute atomic E-state index is 0.319. The largest absolute Gasteiger partial charge is 0.320 e. The summed E-state index contributed by atoms with van der Waals surface area (Å²) >= 11 is 0. The second-order valence-corrected chi connectivity index (χ2v) is 6.15. The number of nitrogens with one attached hydrogen (secondary N) is 1. The van der Waals surface area contributed by atoms with Crippen molar-refractivity contribution in [2.75, 3.05) is 5.32 Å². The van der Waals surface area contributed by atoms with Gasteiger partial charge in [-0.05, 0) is 43.2 Å². The van der Waals surface area contributed by atoms with Crippen LogP contribution in [0.15, 0.2) is 48.7 Å². The van der Waals surface area contributed by atoms with E-state index in [1.165, 1.54) is 12.1 Å². The Kier molecular flexibility index (Phi) is 5.09. The summed E-state index contributed by atoms with van der Waals surface area (Å²) in [5.41, 5.74) is 9.32. The second kappa shape index (κ2) is 7.45. The molecule has 6 nitrogen and oxygen atoms in total. The fraction of sp³-hybridized carbons (Fsp3) is 0.211. The molecule has 1 atom stereocenters. The number of nitrogens with zero attached hydrogens (tertiary/aromatic N) is 3. The van der Waals surface area contributed by atoms with Gasteiger partial charge in [-0.15, -0.1) is 0 Å². The maximum absolute atomic E-state index is 13.0. The lowest BCUT2D eigenvalue weighted by molar-refractivity contribution is -0.117. The third-order valence-electron chi connectivity index (χ3n) is 4.03. The zero-order chi connectivity index (χ0) is 18.7. The van der Waals surface area contributed by atoms with Gasteiger partial charge in [0, 0.05) is 30.6 Å². The summed E-state index contributed by atoms with van der Waals surface area (Å²) in [4.78, 5) is 16.5. The number of nitrogens with two attached hydrogens (primary N) is 1. The van der Waals surface area contributed by atoms with E-state index in [-0.39, 0.29) is 11.7 Å². The Labute approximate surface area is 150 Å². The second-order valence-electron chi connectivity index (χ2n) is 6.15. The Morgan fingerprint density at radius 3 is 2.69 bits per heavy atom. The van der Waals surface area contributed by atoms with Crippen molar-refractivity contribution in [2.24, 2.45) is 12.8 Å². The van der Waals surface area contributed by atoms with Gasteiger partial charge in [0.1, 0.15) is 11.6 Å². The van der Waals surface area contributed by atoms with Gasteiger partial charge < -0.3 is 11.1 Å². The average molecular weight is 353 g/mol. The predicted molar refractivity (Wildman–Crippen MR) is 97.9 cm³/mol. The van der Waals surface area contributed by atoms with Crippen LogP contribution in [-0.2, 0) is 18.3 Å². The Bertz CT molecular complexity index is 920. The first-order valence-corrected chi connectivity index (χ1v) is 8.20. The van der Waals surface area contributed by atoms with Crippen LogP contribution in [0.5, 0.6) is 0 Å². The lowest BCUT2D eigenvalue weighted by Crippen LogP contribution is -2.37. The van der Waals surface area contributed by atoms with Crippen molar-refractivity contribution in [3.63, 3.8) is 0 Å². The zero-order valence-corrected chi connectivity index (χ0v) is 14.6. The van der Waals surface area contributed by atoms with Gasteiger partial charge in [0.15, 0.2) is 0 Å². The van der Waals surface area contributed by atoms with Gasteiger partial charge in [0.05, 0.1) is 11.7 Å². The smallest absolute Gasteiger partial charge is 0.242 e. The number of benzene rings is 1. The van der Waals surface area contributed by atoms with Gasteiger partial charge in [-0.1, -0.05) is 12.1 Å². The number of rotatable bonds is 5. The summed E-state index contributed by atoms with van der Waals surface area (Å²) in [7, 11) is 1.75. The third kappa shape index (κ3) is 4.12. The molecule has 1 aromatic carbocycles. The van der Waals surface area contributed by atoms with Gasteiger partial charge >= 0.3 is 0 Å². The summed E-state index contributed by atoms with van der Waals surface area (Å²) in [5.74, 6) is -0.0932. The number of aromatic nitrogens is 3. The monoisotopic (exact) mass is 353 g/mol. The molecular formula is C19H20FN5O. The van der Waals surface area contributed by atoms with Crippen molar-refractivity contribution in [3.05, 3.63) is 65.7 Å². The van der Waals surface area contributed by atoms with E-state index in [2.05, 4.69) is 15.4 Å². The fourth-order valence-corrected chi connectivity index (χ4v) is 2.62. The molecule has 7 heteroatoms. The zero-order valence-electron chi connectivity index (χ0n) is 14.6. The van der Waals surface area contributed by atoms with Crippen molar-refractivity contribution >= 4 is 11.7 Å². The molecule has 0 radical (unpaired) electrons. The molecule has 0 aliphatic heterocycles. The molecule has 0 aliphatic rings. The molecule has 3 N–H and O–H groups in total. The topological polar surface area (TPSA) is 85.8 Å². The number of hydrogen-bond donors (Lipinski definition) is 2. The van der Waals surface area contributed by atoms with Crippen LogP contribution in [-0.4, -0.2) is 26.7 Å². The lowest BCUT2D eigenvalue weighted by atomic mass is 10.1. The van der Waals surface area contributed by atoms with Gasteiger partial charge in [-0.2, -0.15) is 5.10 Å². The van der Waals surface area contributed by atoms with Crippen LogP contribution in [0.25, 0.3) is 11.3 Å². The highest BCUT2D eigenvalue weighted by Gasteiger charge is 2.17. The van der Waals surface area contributed by atoms with E-state index in [0.717, 1.165) is 22.5 Å². The van der Waals surface area contributed by atoms with E-state index in [1.807, 2.05) is 19.1 Å². The van der Waals surface area contributed by atoms with Crippen LogP contribution in [0.2, 0.25) is 0 Å². The lowest BCUT2D eigenvalue weighted by Gasteiger charge is -2.12. The van der Waals surface area contributed by atoms with Crippen LogP contribution in [0.4, 0.5) is 10.2 Å². The van der Waals surface area contributed by atoms with E-state index in [0.29, 0.717) is 12.2 Å². The normalized spacial score (nSPS) is 12.0. The minimum atomic E-state index is -0.748. The first kappa shape index (κ1) is 17.8. The quantitative estimate of drug-likeness (QED) is 0.738. The van der Waals surface area contributed by atoms with E-state index >= 15 is 0 Å². The molecule has 0 saturated heterocycles. The van der Waals surface area contributed by atoms with Crippen molar-refractivity contribution in [1.29, 1.82) is 0 Å². The number of halogens is 1. The fourth-order valence-electron chi connectivity index (χ4n) is 2.62. The molecular weight excluding hydrogens is 333 g/mol. The minimum Gasteiger partial charge on any atom is -0.320 e.